The van der Waals surface area contributed by atoms with Gasteiger partial charge in [0.25, 0.3) is 0 Å². The Hall–Kier alpha value is -0.570. The van der Waals surface area contributed by atoms with E-state index in [4.69, 9.17) is 11.6 Å². The molecule has 3 heteroatoms. The maximum absolute atomic E-state index is 9.81. The lowest BCUT2D eigenvalue weighted by Crippen LogP contribution is -2.39. The highest BCUT2D eigenvalue weighted by molar-refractivity contribution is 6.30. The van der Waals surface area contributed by atoms with E-state index in [-0.39, 0.29) is 12.0 Å². The van der Waals surface area contributed by atoms with Crippen molar-refractivity contribution in [1.29, 1.82) is 0 Å². The van der Waals surface area contributed by atoms with Gasteiger partial charge in [0.2, 0.25) is 0 Å². The lowest BCUT2D eigenvalue weighted by Gasteiger charge is -2.28. The minimum Gasteiger partial charge on any atom is -0.391 e. The molecule has 0 bridgehead atoms. The summed E-state index contributed by atoms with van der Waals surface area (Å²) >= 11 is 5.91. The zero-order valence-corrected chi connectivity index (χ0v) is 8.67. The summed E-state index contributed by atoms with van der Waals surface area (Å²) in [6, 6.07) is 7.77. The van der Waals surface area contributed by atoms with Crippen molar-refractivity contribution in [3.63, 3.8) is 0 Å². The van der Waals surface area contributed by atoms with Gasteiger partial charge in [-0.25, -0.2) is 0 Å². The van der Waals surface area contributed by atoms with Crippen LogP contribution in [0.4, 0.5) is 0 Å². The number of aliphatic hydroxyl groups is 1. The Morgan fingerprint density at radius 3 is 3.00 bits per heavy atom. The highest BCUT2D eigenvalue weighted by Crippen LogP contribution is 2.27. The Kier molecular flexibility index (Phi) is 3.06. The third kappa shape index (κ3) is 2.08. The normalized spacial score (nSPS) is 27.6. The van der Waals surface area contributed by atoms with Gasteiger partial charge in [-0.2, -0.15) is 0 Å². The molecule has 14 heavy (non-hydrogen) atoms. The van der Waals surface area contributed by atoms with Gasteiger partial charge < -0.3 is 10.4 Å². The highest BCUT2D eigenvalue weighted by Gasteiger charge is 2.24. The average molecular weight is 212 g/mol. The number of β-amino-alcohol motifs (C(OH)–C–C–N with tert-alkyl or cyclic N) is 1. The van der Waals surface area contributed by atoms with E-state index in [0.29, 0.717) is 6.54 Å². The second kappa shape index (κ2) is 4.30. The molecule has 76 valence electrons. The molecule has 1 aromatic carbocycles. The fraction of sp³-hybridized carbons (Fsp3) is 0.455. The van der Waals surface area contributed by atoms with Crippen LogP contribution < -0.4 is 5.32 Å². The maximum atomic E-state index is 9.81. The molecule has 2 rings (SSSR count). The zero-order chi connectivity index (χ0) is 9.97. The Bertz CT molecular complexity index is 316. The van der Waals surface area contributed by atoms with E-state index in [9.17, 15) is 5.11 Å². The summed E-state index contributed by atoms with van der Waals surface area (Å²) in [6.07, 6.45) is 0.684. The molecule has 0 amide bonds. The molecule has 2 N–H and O–H groups in total. The standard InChI is InChI=1S/C11H14ClNO/c12-9-3-1-2-8(6-9)10-4-5-13-7-11(10)14/h1-3,6,10-11,13-14H,4-5,7H2. The summed E-state index contributed by atoms with van der Waals surface area (Å²) in [5, 5.41) is 13.7. The molecule has 1 aliphatic heterocycles. The largest absolute Gasteiger partial charge is 0.391 e. The predicted octanol–water partition coefficient (Wildman–Crippen LogP) is 1.78. The number of aliphatic hydroxyl groups excluding tert-OH is 1. The predicted molar refractivity (Wildman–Crippen MR) is 57.7 cm³/mol. The molecule has 1 aliphatic rings. The van der Waals surface area contributed by atoms with Crippen LogP contribution in [0.25, 0.3) is 0 Å². The van der Waals surface area contributed by atoms with Crippen molar-refractivity contribution in [2.75, 3.05) is 13.1 Å². The van der Waals surface area contributed by atoms with Crippen molar-refractivity contribution in [3.05, 3.63) is 34.9 Å². The first-order chi connectivity index (χ1) is 6.77. The minimum absolute atomic E-state index is 0.231. The Balaban J connectivity index is 2.20. The van der Waals surface area contributed by atoms with Crippen LogP contribution in [0.3, 0.4) is 0 Å². The SMILES string of the molecule is OC1CNCCC1c1cccc(Cl)c1. The van der Waals surface area contributed by atoms with Crippen molar-refractivity contribution < 1.29 is 5.11 Å². The van der Waals surface area contributed by atoms with Crippen LogP contribution in [0.15, 0.2) is 24.3 Å². The smallest absolute Gasteiger partial charge is 0.0733 e. The zero-order valence-electron chi connectivity index (χ0n) is 7.91. The van der Waals surface area contributed by atoms with Crippen molar-refractivity contribution in [1.82, 2.24) is 5.32 Å². The van der Waals surface area contributed by atoms with E-state index in [0.717, 1.165) is 23.6 Å². The fourth-order valence-corrected chi connectivity index (χ4v) is 2.17. The molecular formula is C11H14ClNO. The monoisotopic (exact) mass is 211 g/mol. The average Bonchev–Trinajstić information content (AvgIpc) is 2.18. The molecule has 1 aromatic rings. The molecule has 0 aliphatic carbocycles. The van der Waals surface area contributed by atoms with Gasteiger partial charge >= 0.3 is 0 Å². The Labute approximate surface area is 88.9 Å². The second-order valence-corrected chi connectivity index (χ2v) is 4.16. The summed E-state index contributed by atoms with van der Waals surface area (Å²) in [6.45, 7) is 1.64. The van der Waals surface area contributed by atoms with Crippen LogP contribution in [0.5, 0.6) is 0 Å². The molecule has 0 saturated carbocycles. The molecule has 1 fully saturated rings. The van der Waals surface area contributed by atoms with E-state index >= 15 is 0 Å². The van der Waals surface area contributed by atoms with Crippen LogP contribution in [0.2, 0.25) is 5.02 Å². The minimum atomic E-state index is -0.290. The van der Waals surface area contributed by atoms with E-state index in [1.165, 1.54) is 0 Å². The summed E-state index contributed by atoms with van der Waals surface area (Å²) in [4.78, 5) is 0. The molecule has 2 atom stereocenters. The second-order valence-electron chi connectivity index (χ2n) is 3.72. The topological polar surface area (TPSA) is 32.3 Å². The van der Waals surface area contributed by atoms with Gasteiger partial charge in [-0.05, 0) is 30.7 Å². The third-order valence-corrected chi connectivity index (χ3v) is 2.96. The molecule has 2 unspecified atom stereocenters. The molecule has 0 spiro atoms. The summed E-state index contributed by atoms with van der Waals surface area (Å²) in [5.74, 6) is 0.231. The molecule has 1 heterocycles. The fourth-order valence-electron chi connectivity index (χ4n) is 1.97. The van der Waals surface area contributed by atoms with Gasteiger partial charge in [-0.15, -0.1) is 0 Å². The van der Waals surface area contributed by atoms with Crippen LogP contribution in [-0.4, -0.2) is 24.3 Å². The maximum Gasteiger partial charge on any atom is 0.0733 e. The number of piperidine rings is 1. The van der Waals surface area contributed by atoms with Gasteiger partial charge in [-0.3, -0.25) is 0 Å². The first kappa shape index (κ1) is 9.97. The first-order valence-electron chi connectivity index (χ1n) is 4.91. The quantitative estimate of drug-likeness (QED) is 0.742. The molecule has 0 aromatic heterocycles. The van der Waals surface area contributed by atoms with Crippen molar-refractivity contribution in [2.45, 2.75) is 18.4 Å². The van der Waals surface area contributed by atoms with Gasteiger partial charge in [-0.1, -0.05) is 23.7 Å². The van der Waals surface area contributed by atoms with Crippen LogP contribution in [0, 0.1) is 0 Å². The number of rotatable bonds is 1. The van der Waals surface area contributed by atoms with Gasteiger partial charge in [0.05, 0.1) is 6.10 Å². The number of hydrogen-bond donors (Lipinski definition) is 2. The first-order valence-corrected chi connectivity index (χ1v) is 5.29. The summed E-state index contributed by atoms with van der Waals surface area (Å²) in [7, 11) is 0. The Morgan fingerprint density at radius 1 is 1.43 bits per heavy atom. The van der Waals surface area contributed by atoms with Gasteiger partial charge in [0.15, 0.2) is 0 Å². The van der Waals surface area contributed by atoms with Crippen LogP contribution >= 0.6 is 11.6 Å². The summed E-state index contributed by atoms with van der Waals surface area (Å²) in [5.41, 5.74) is 1.14. The van der Waals surface area contributed by atoms with Crippen molar-refractivity contribution >= 4 is 11.6 Å². The lowest BCUT2D eigenvalue weighted by molar-refractivity contribution is 0.118. The molecule has 1 saturated heterocycles. The number of nitrogens with one attached hydrogen (secondary N) is 1. The van der Waals surface area contributed by atoms with Crippen molar-refractivity contribution in [3.8, 4) is 0 Å². The molecular weight excluding hydrogens is 198 g/mol. The van der Waals surface area contributed by atoms with E-state index in [1.807, 2.05) is 24.3 Å². The highest BCUT2D eigenvalue weighted by atomic mass is 35.5. The Morgan fingerprint density at radius 2 is 2.29 bits per heavy atom. The van der Waals surface area contributed by atoms with Crippen LogP contribution in [-0.2, 0) is 0 Å². The van der Waals surface area contributed by atoms with Crippen molar-refractivity contribution in [2.24, 2.45) is 0 Å². The summed E-state index contributed by atoms with van der Waals surface area (Å²) < 4.78 is 0. The van der Waals surface area contributed by atoms with Gasteiger partial charge in [0.1, 0.15) is 0 Å². The number of benzene rings is 1. The van der Waals surface area contributed by atoms with E-state index in [1.54, 1.807) is 0 Å². The lowest BCUT2D eigenvalue weighted by atomic mass is 9.88. The number of hydrogen-bond acceptors (Lipinski definition) is 2. The molecule has 2 nitrogen and oxygen atoms in total. The van der Waals surface area contributed by atoms with E-state index in [2.05, 4.69) is 5.32 Å². The number of halogens is 1. The van der Waals surface area contributed by atoms with Gasteiger partial charge in [0, 0.05) is 17.5 Å². The van der Waals surface area contributed by atoms with Crippen LogP contribution in [0.1, 0.15) is 17.9 Å². The third-order valence-electron chi connectivity index (χ3n) is 2.73. The van der Waals surface area contributed by atoms with E-state index < -0.39 is 0 Å². The molecule has 0 radical (unpaired) electrons.